The number of para-hydroxylation sites is 2. The Hall–Kier alpha value is -3.56. The molecule has 0 aliphatic rings. The van der Waals surface area contributed by atoms with Crippen molar-refractivity contribution in [1.29, 1.82) is 0 Å². The third-order valence-electron chi connectivity index (χ3n) is 8.22. The Balaban J connectivity index is 1.58. The van der Waals surface area contributed by atoms with Gasteiger partial charge < -0.3 is 0 Å². The van der Waals surface area contributed by atoms with Crippen LogP contribution in [0.15, 0.2) is 83.9 Å². The lowest BCUT2D eigenvalue weighted by Gasteiger charge is -2.25. The van der Waals surface area contributed by atoms with Crippen molar-refractivity contribution in [2.75, 3.05) is 0 Å². The smallest absolute Gasteiger partial charge is 0.126 e. The van der Waals surface area contributed by atoms with Gasteiger partial charge >= 0.3 is 0 Å². The third kappa shape index (κ3) is 6.83. The van der Waals surface area contributed by atoms with Crippen molar-refractivity contribution in [2.45, 2.75) is 91.9 Å². The number of benzene rings is 4. The average Bonchev–Trinajstić information content (AvgIpc) is 3.39. The van der Waals surface area contributed by atoms with Crippen molar-refractivity contribution in [3.63, 3.8) is 0 Å². The highest BCUT2D eigenvalue weighted by Crippen LogP contribution is 2.40. The van der Waals surface area contributed by atoms with Gasteiger partial charge in [-0.25, -0.2) is 4.98 Å². The highest BCUT2D eigenvalue weighted by Gasteiger charge is 2.20. The molecule has 0 atom stereocenters. The molecule has 222 valence electrons. The second-order valence-electron chi connectivity index (χ2n) is 14.5. The Bertz CT molecular complexity index is 1730. The van der Waals surface area contributed by atoms with Gasteiger partial charge in [-0.2, -0.15) is 0 Å². The fourth-order valence-electron chi connectivity index (χ4n) is 5.30. The molecular formula is C40H46N2S. The fourth-order valence-corrected chi connectivity index (χ4v) is 6.33. The van der Waals surface area contributed by atoms with E-state index < -0.39 is 0 Å². The van der Waals surface area contributed by atoms with Crippen LogP contribution in [0.4, 0.5) is 5.69 Å². The van der Waals surface area contributed by atoms with Crippen LogP contribution < -0.4 is 0 Å². The van der Waals surface area contributed by atoms with E-state index >= 15 is 0 Å². The van der Waals surface area contributed by atoms with E-state index in [1.54, 1.807) is 11.3 Å². The topological polar surface area (TPSA) is 25.2 Å². The molecule has 0 amide bonds. The highest BCUT2D eigenvalue weighted by molar-refractivity contribution is 7.21. The molecule has 5 aromatic rings. The summed E-state index contributed by atoms with van der Waals surface area (Å²) in [7, 11) is 0. The van der Waals surface area contributed by atoms with Gasteiger partial charge in [-0.15, -0.1) is 11.3 Å². The molecule has 1 aromatic heterocycles. The third-order valence-corrected chi connectivity index (χ3v) is 9.27. The van der Waals surface area contributed by atoms with Crippen molar-refractivity contribution >= 4 is 33.5 Å². The molecule has 43 heavy (non-hydrogen) atoms. The summed E-state index contributed by atoms with van der Waals surface area (Å²) in [4.78, 5) is 10.3. The molecule has 1 heterocycles. The molecule has 0 saturated heterocycles. The Morgan fingerprint density at radius 3 is 1.84 bits per heavy atom. The van der Waals surface area contributed by atoms with Gasteiger partial charge in [0, 0.05) is 17.3 Å². The first-order valence-electron chi connectivity index (χ1n) is 15.5. The molecule has 3 heteroatoms. The summed E-state index contributed by atoms with van der Waals surface area (Å²) < 4.78 is 1.19. The second-order valence-corrected chi connectivity index (χ2v) is 15.5. The summed E-state index contributed by atoms with van der Waals surface area (Å²) in [5.74, 6) is 0.937. The van der Waals surface area contributed by atoms with Gasteiger partial charge in [0.05, 0.1) is 15.9 Å². The van der Waals surface area contributed by atoms with Crippen molar-refractivity contribution in [3.05, 3.63) is 107 Å². The van der Waals surface area contributed by atoms with Crippen LogP contribution >= 0.6 is 11.3 Å². The first kappa shape index (κ1) is 30.9. The summed E-state index contributed by atoms with van der Waals surface area (Å²) in [6.45, 7) is 22.7. The monoisotopic (exact) mass is 586 g/mol. The molecule has 0 aliphatic heterocycles. The molecule has 0 radical (unpaired) electrons. The molecule has 2 nitrogen and oxygen atoms in total. The zero-order valence-corrected chi connectivity index (χ0v) is 28.4. The van der Waals surface area contributed by atoms with Gasteiger partial charge in [0.15, 0.2) is 0 Å². The van der Waals surface area contributed by atoms with Crippen molar-refractivity contribution in [2.24, 2.45) is 4.99 Å². The average molecular weight is 587 g/mol. The maximum Gasteiger partial charge on any atom is 0.126 e. The van der Waals surface area contributed by atoms with Crippen LogP contribution in [-0.4, -0.2) is 11.2 Å². The molecule has 0 fully saturated rings. The molecular weight excluding hydrogens is 541 g/mol. The first-order chi connectivity index (χ1) is 20.2. The van der Waals surface area contributed by atoms with Gasteiger partial charge in [-0.3, -0.25) is 4.99 Å². The molecule has 5 rings (SSSR count). The second kappa shape index (κ2) is 11.8. The predicted molar refractivity (Wildman–Crippen MR) is 190 cm³/mol. The quantitative estimate of drug-likeness (QED) is 0.182. The number of hydrogen-bond acceptors (Lipinski definition) is 3. The van der Waals surface area contributed by atoms with E-state index in [2.05, 4.69) is 148 Å². The zero-order valence-electron chi connectivity index (χ0n) is 27.5. The number of aliphatic imine (C=N–C) groups is 1. The van der Waals surface area contributed by atoms with Gasteiger partial charge in [0.25, 0.3) is 0 Å². The largest absolute Gasteiger partial charge is 0.256 e. The molecule has 0 aliphatic carbocycles. The van der Waals surface area contributed by atoms with Crippen LogP contribution in [0.5, 0.6) is 0 Å². The number of thiazole rings is 1. The summed E-state index contributed by atoms with van der Waals surface area (Å²) in [6, 6.07) is 28.9. The Kier molecular flexibility index (Phi) is 8.51. The van der Waals surface area contributed by atoms with E-state index in [-0.39, 0.29) is 10.8 Å². The normalized spacial score (nSPS) is 12.7. The lowest BCUT2D eigenvalue weighted by atomic mass is 9.79. The predicted octanol–water partition coefficient (Wildman–Crippen LogP) is 12.2. The molecule has 0 unspecified atom stereocenters. The van der Waals surface area contributed by atoms with E-state index in [9.17, 15) is 0 Å². The molecule has 0 N–H and O–H groups in total. The Morgan fingerprint density at radius 1 is 0.674 bits per heavy atom. The lowest BCUT2D eigenvalue weighted by Crippen LogP contribution is -2.17. The molecule has 0 bridgehead atoms. The molecule has 4 aromatic carbocycles. The standard InChI is InChI=1S/C40H46N2S/c1-25(2)28-20-29(26(3)4)22-30(21-28)33-15-13-17-36-37(33)42-38(43-36)34-14-11-12-16-35(34)41-24-27-18-31(39(5,6)7)23-32(19-27)40(8,9)10/h11-26H,1-10H3. The Labute approximate surface area is 263 Å². The van der Waals surface area contributed by atoms with Crippen LogP contribution in [0.25, 0.3) is 31.9 Å². The lowest BCUT2D eigenvalue weighted by molar-refractivity contribution is 0.568. The number of aromatic nitrogens is 1. The van der Waals surface area contributed by atoms with Gasteiger partial charge in [0.1, 0.15) is 5.01 Å². The zero-order chi connectivity index (χ0) is 31.1. The minimum Gasteiger partial charge on any atom is -0.256 e. The van der Waals surface area contributed by atoms with Crippen molar-refractivity contribution < 1.29 is 0 Å². The minimum absolute atomic E-state index is 0.0606. The first-order valence-corrected chi connectivity index (χ1v) is 16.4. The summed E-state index contributed by atoms with van der Waals surface area (Å²) in [6.07, 6.45) is 2.02. The molecule has 0 spiro atoms. The van der Waals surface area contributed by atoms with E-state index in [0.717, 1.165) is 27.3 Å². The van der Waals surface area contributed by atoms with Crippen LogP contribution in [0.1, 0.15) is 109 Å². The van der Waals surface area contributed by atoms with Gasteiger partial charge in [-0.05, 0) is 86.4 Å². The maximum atomic E-state index is 5.26. The summed E-state index contributed by atoms with van der Waals surface area (Å²) in [5, 5.41) is 0.998. The van der Waals surface area contributed by atoms with E-state index in [1.807, 2.05) is 6.21 Å². The van der Waals surface area contributed by atoms with Crippen molar-refractivity contribution in [1.82, 2.24) is 4.98 Å². The SMILES string of the molecule is CC(C)c1cc(-c2cccc3sc(-c4ccccc4N=Cc4cc(C(C)(C)C)cc(C(C)(C)C)c4)nc23)cc(C(C)C)c1. The van der Waals surface area contributed by atoms with E-state index in [0.29, 0.717) is 11.8 Å². The number of fused-ring (bicyclic) bond motifs is 1. The van der Waals surface area contributed by atoms with Gasteiger partial charge in [-0.1, -0.05) is 118 Å². The maximum absolute atomic E-state index is 5.26. The van der Waals surface area contributed by atoms with E-state index in [4.69, 9.17) is 9.98 Å². The summed E-state index contributed by atoms with van der Waals surface area (Å²) >= 11 is 1.74. The minimum atomic E-state index is 0.0606. The van der Waals surface area contributed by atoms with Crippen LogP contribution in [0.2, 0.25) is 0 Å². The number of hydrogen-bond donors (Lipinski definition) is 0. The van der Waals surface area contributed by atoms with Gasteiger partial charge in [0.2, 0.25) is 0 Å². The van der Waals surface area contributed by atoms with Crippen LogP contribution in [0, 0.1) is 0 Å². The fraction of sp³-hybridized carbons (Fsp3) is 0.350. The Morgan fingerprint density at radius 2 is 1.26 bits per heavy atom. The summed E-state index contributed by atoms with van der Waals surface area (Å²) in [5.41, 5.74) is 12.2. The highest BCUT2D eigenvalue weighted by atomic mass is 32.1. The van der Waals surface area contributed by atoms with Crippen LogP contribution in [-0.2, 0) is 10.8 Å². The van der Waals surface area contributed by atoms with Crippen molar-refractivity contribution in [3.8, 4) is 21.7 Å². The molecule has 0 saturated carbocycles. The number of nitrogens with zero attached hydrogens (tertiary/aromatic N) is 2. The van der Waals surface area contributed by atoms with E-state index in [1.165, 1.54) is 38.1 Å². The number of rotatable bonds is 6. The van der Waals surface area contributed by atoms with Crippen LogP contribution in [0.3, 0.4) is 0 Å².